The fourth-order valence-electron chi connectivity index (χ4n) is 2.68. The van der Waals surface area contributed by atoms with Crippen LogP contribution in [-0.2, 0) is 11.3 Å². The Morgan fingerprint density at radius 1 is 1.13 bits per heavy atom. The molecule has 3 rings (SSSR count). The second-order valence-electron chi connectivity index (χ2n) is 6.61. The Labute approximate surface area is 184 Å². The van der Waals surface area contributed by atoms with E-state index >= 15 is 0 Å². The highest BCUT2D eigenvalue weighted by atomic mass is 32.1. The molecule has 8 nitrogen and oxygen atoms in total. The van der Waals surface area contributed by atoms with Crippen LogP contribution in [0.2, 0.25) is 0 Å². The average molecular weight is 444 g/mol. The van der Waals surface area contributed by atoms with Gasteiger partial charge in [0.05, 0.1) is 19.8 Å². The molecule has 0 aliphatic rings. The molecule has 0 fully saturated rings. The molecule has 2 heterocycles. The van der Waals surface area contributed by atoms with Crippen LogP contribution in [0.25, 0.3) is 11.5 Å². The highest BCUT2D eigenvalue weighted by Gasteiger charge is 2.15. The Hall–Kier alpha value is -3.33. The van der Waals surface area contributed by atoms with Crippen LogP contribution in [0.1, 0.15) is 43.3 Å². The van der Waals surface area contributed by atoms with Gasteiger partial charge in [0.1, 0.15) is 11.5 Å². The fourth-order valence-corrected chi connectivity index (χ4v) is 3.38. The molecule has 9 heteroatoms. The minimum absolute atomic E-state index is 0.131. The number of benzene rings is 1. The van der Waals surface area contributed by atoms with E-state index in [1.807, 2.05) is 13.8 Å². The van der Waals surface area contributed by atoms with Crippen molar-refractivity contribution in [3.63, 3.8) is 0 Å². The maximum atomic E-state index is 12.7. The number of ether oxygens (including phenoxy) is 2. The van der Waals surface area contributed by atoms with Crippen molar-refractivity contribution < 1.29 is 23.5 Å². The number of carbonyl (C=O) groups is 2. The third-order valence-electron chi connectivity index (χ3n) is 4.12. The van der Waals surface area contributed by atoms with Gasteiger partial charge in [-0.2, -0.15) is 0 Å². The Morgan fingerprint density at radius 3 is 2.71 bits per heavy atom. The third-order valence-corrected chi connectivity index (χ3v) is 4.88. The Balaban J connectivity index is 1.68. The summed E-state index contributed by atoms with van der Waals surface area (Å²) in [4.78, 5) is 28.1. The van der Waals surface area contributed by atoms with Gasteiger partial charge >= 0.3 is 0 Å². The van der Waals surface area contributed by atoms with Crippen molar-refractivity contribution in [1.82, 2.24) is 10.3 Å². The van der Waals surface area contributed by atoms with Crippen LogP contribution in [-0.4, -0.2) is 30.0 Å². The van der Waals surface area contributed by atoms with Gasteiger partial charge in [0, 0.05) is 17.9 Å². The van der Waals surface area contributed by atoms with Gasteiger partial charge in [0.25, 0.3) is 5.91 Å². The summed E-state index contributed by atoms with van der Waals surface area (Å²) in [6.07, 6.45) is 0.880. The average Bonchev–Trinajstić information content (AvgIpc) is 3.41. The summed E-state index contributed by atoms with van der Waals surface area (Å²) < 4.78 is 17.0. The maximum absolute atomic E-state index is 12.7. The van der Waals surface area contributed by atoms with Crippen LogP contribution < -0.4 is 20.1 Å². The minimum atomic E-state index is -0.297. The van der Waals surface area contributed by atoms with Crippen LogP contribution in [0.3, 0.4) is 0 Å². The normalized spacial score (nSPS) is 10.5. The van der Waals surface area contributed by atoms with Gasteiger partial charge < -0.3 is 19.2 Å². The molecule has 2 amide bonds. The smallest absolute Gasteiger partial charge is 0.257 e. The lowest BCUT2D eigenvalue weighted by Gasteiger charge is -2.12. The zero-order valence-corrected chi connectivity index (χ0v) is 18.5. The van der Waals surface area contributed by atoms with Crippen LogP contribution in [0, 0.1) is 0 Å². The monoisotopic (exact) mass is 443 g/mol. The van der Waals surface area contributed by atoms with Gasteiger partial charge in [-0.05, 0) is 43.7 Å². The molecular formula is C22H25N3O5S. The molecule has 31 heavy (non-hydrogen) atoms. The van der Waals surface area contributed by atoms with Gasteiger partial charge in [-0.15, -0.1) is 11.3 Å². The molecule has 1 aromatic carbocycles. The minimum Gasteiger partial charge on any atom is -0.490 e. The largest absolute Gasteiger partial charge is 0.490 e. The molecule has 3 aromatic rings. The summed E-state index contributed by atoms with van der Waals surface area (Å²) in [5.41, 5.74) is 1.05. The number of anilines is 1. The Morgan fingerprint density at radius 2 is 1.97 bits per heavy atom. The van der Waals surface area contributed by atoms with Crippen LogP contribution in [0.5, 0.6) is 11.5 Å². The van der Waals surface area contributed by atoms with Crippen molar-refractivity contribution in [3.05, 3.63) is 47.0 Å². The molecule has 0 aliphatic heterocycles. The molecule has 0 atom stereocenters. The number of rotatable bonds is 10. The first-order valence-corrected chi connectivity index (χ1v) is 10.9. The second kappa shape index (κ2) is 10.6. The van der Waals surface area contributed by atoms with E-state index in [0.29, 0.717) is 59.2 Å². The van der Waals surface area contributed by atoms with Crippen molar-refractivity contribution in [2.45, 2.75) is 33.7 Å². The van der Waals surface area contributed by atoms with Gasteiger partial charge in [-0.3, -0.25) is 14.9 Å². The quantitative estimate of drug-likeness (QED) is 0.479. The van der Waals surface area contributed by atoms with E-state index in [1.165, 1.54) is 18.3 Å². The number of carbonyl (C=O) groups excluding carboxylic acids is 2. The lowest BCUT2D eigenvalue weighted by atomic mass is 10.2. The van der Waals surface area contributed by atoms with Gasteiger partial charge in [-0.25, -0.2) is 4.98 Å². The lowest BCUT2D eigenvalue weighted by molar-refractivity contribution is -0.119. The van der Waals surface area contributed by atoms with Crippen molar-refractivity contribution in [1.29, 1.82) is 0 Å². The number of furan rings is 1. The molecule has 2 N–H and O–H groups in total. The van der Waals surface area contributed by atoms with E-state index in [1.54, 1.807) is 35.7 Å². The molecule has 0 unspecified atom stereocenters. The van der Waals surface area contributed by atoms with E-state index < -0.39 is 0 Å². The van der Waals surface area contributed by atoms with Crippen LogP contribution in [0.15, 0.2) is 40.1 Å². The molecule has 0 spiro atoms. The molecule has 164 valence electrons. The summed E-state index contributed by atoms with van der Waals surface area (Å²) in [5, 5.41) is 7.72. The zero-order valence-electron chi connectivity index (χ0n) is 17.7. The first kappa shape index (κ1) is 22.4. The number of hydrogen-bond acceptors (Lipinski definition) is 7. The van der Waals surface area contributed by atoms with E-state index in [2.05, 4.69) is 15.6 Å². The number of amides is 2. The summed E-state index contributed by atoms with van der Waals surface area (Å²) in [6, 6.07) is 8.65. The molecule has 0 aliphatic carbocycles. The summed E-state index contributed by atoms with van der Waals surface area (Å²) in [7, 11) is 0. The highest BCUT2D eigenvalue weighted by Crippen LogP contribution is 2.30. The number of hydrogen-bond donors (Lipinski definition) is 2. The predicted octanol–water partition coefficient (Wildman–Crippen LogP) is 4.48. The van der Waals surface area contributed by atoms with Gasteiger partial charge in [0.2, 0.25) is 5.91 Å². The summed E-state index contributed by atoms with van der Waals surface area (Å²) in [5.74, 6) is 1.91. The third kappa shape index (κ3) is 6.08. The lowest BCUT2D eigenvalue weighted by Crippen LogP contribution is -2.18. The SMILES string of the molecule is CCCOc1ccc(C(=O)Nc2nc(-c3ccc(CNC(C)=O)o3)cs2)cc1OCC. The fraction of sp³-hybridized carbons (Fsp3) is 0.318. The van der Waals surface area contributed by atoms with E-state index in [0.717, 1.165) is 6.42 Å². The number of aromatic nitrogens is 1. The predicted molar refractivity (Wildman–Crippen MR) is 119 cm³/mol. The topological polar surface area (TPSA) is 103 Å². The Bertz CT molecular complexity index is 1040. The Kier molecular flexibility index (Phi) is 7.66. The van der Waals surface area contributed by atoms with Crippen LogP contribution in [0.4, 0.5) is 5.13 Å². The first-order valence-electron chi connectivity index (χ1n) is 10.00. The van der Waals surface area contributed by atoms with Crippen molar-refractivity contribution in [2.75, 3.05) is 18.5 Å². The van der Waals surface area contributed by atoms with E-state index in [-0.39, 0.29) is 11.8 Å². The standard InChI is InChI=1S/C22H25N3O5S/c1-4-10-29-19-8-6-15(11-20(19)28-5-2)21(27)25-22-24-17(13-31-22)18-9-7-16(30-18)12-23-14(3)26/h6-9,11,13H,4-5,10,12H2,1-3H3,(H,23,26)(H,24,25,27). The molecule has 0 saturated carbocycles. The molecule has 2 aromatic heterocycles. The first-order chi connectivity index (χ1) is 15.0. The maximum Gasteiger partial charge on any atom is 0.257 e. The van der Waals surface area contributed by atoms with E-state index in [4.69, 9.17) is 13.9 Å². The van der Waals surface area contributed by atoms with Crippen molar-refractivity contribution in [2.24, 2.45) is 0 Å². The summed E-state index contributed by atoms with van der Waals surface area (Å²) >= 11 is 1.29. The number of thiazole rings is 1. The van der Waals surface area contributed by atoms with E-state index in [9.17, 15) is 9.59 Å². The van der Waals surface area contributed by atoms with Crippen molar-refractivity contribution in [3.8, 4) is 23.0 Å². The second-order valence-corrected chi connectivity index (χ2v) is 7.47. The molecule has 0 saturated heterocycles. The van der Waals surface area contributed by atoms with Crippen molar-refractivity contribution >= 4 is 28.3 Å². The van der Waals surface area contributed by atoms with Gasteiger partial charge in [-0.1, -0.05) is 6.92 Å². The highest BCUT2D eigenvalue weighted by molar-refractivity contribution is 7.14. The number of nitrogens with zero attached hydrogens (tertiary/aromatic N) is 1. The number of nitrogens with one attached hydrogen (secondary N) is 2. The molecule has 0 bridgehead atoms. The molecular weight excluding hydrogens is 418 g/mol. The zero-order chi connectivity index (χ0) is 22.2. The summed E-state index contributed by atoms with van der Waals surface area (Å²) in [6.45, 7) is 6.70. The van der Waals surface area contributed by atoms with Gasteiger partial charge in [0.15, 0.2) is 22.4 Å². The van der Waals surface area contributed by atoms with Crippen LogP contribution >= 0.6 is 11.3 Å². The molecule has 0 radical (unpaired) electrons.